The Morgan fingerprint density at radius 1 is 1.10 bits per heavy atom. The van der Waals surface area contributed by atoms with E-state index >= 15 is 0 Å². The Labute approximate surface area is 173 Å². The van der Waals surface area contributed by atoms with Crippen LogP contribution < -0.4 is 16.4 Å². The highest BCUT2D eigenvalue weighted by molar-refractivity contribution is 5.69. The number of halogens is 3. The molecule has 1 heterocycles. The number of aliphatic hydroxyl groups is 1. The van der Waals surface area contributed by atoms with Crippen LogP contribution in [-0.4, -0.2) is 30.5 Å². The van der Waals surface area contributed by atoms with Crippen molar-refractivity contribution in [1.82, 2.24) is 0 Å². The summed E-state index contributed by atoms with van der Waals surface area (Å²) in [7, 11) is 0. The number of allylic oxidation sites excluding steroid dienone is 3. The minimum Gasteiger partial charge on any atom is -0.474 e. The molecule has 2 aromatic carbocycles. The smallest absolute Gasteiger partial charge is 0.430 e. The van der Waals surface area contributed by atoms with Crippen molar-refractivity contribution in [3.8, 4) is 11.1 Å². The maximum atomic E-state index is 12.4. The van der Waals surface area contributed by atoms with Gasteiger partial charge in [0.25, 0.3) is 0 Å². The van der Waals surface area contributed by atoms with Gasteiger partial charge in [-0.1, -0.05) is 36.4 Å². The Morgan fingerprint density at radius 2 is 1.83 bits per heavy atom. The Hall–Kier alpha value is -3.13. The molecule has 0 spiro atoms. The average molecular weight is 419 g/mol. The van der Waals surface area contributed by atoms with E-state index in [1.807, 2.05) is 48.5 Å². The fraction of sp³-hybridized carbons (Fsp3) is 0.273. The highest BCUT2D eigenvalue weighted by Crippen LogP contribution is 2.30. The van der Waals surface area contributed by atoms with Gasteiger partial charge in [-0.3, -0.25) is 0 Å². The van der Waals surface area contributed by atoms with E-state index in [1.54, 1.807) is 0 Å². The quantitative estimate of drug-likeness (QED) is 0.492. The first-order valence-electron chi connectivity index (χ1n) is 9.49. The van der Waals surface area contributed by atoms with E-state index in [4.69, 9.17) is 16.2 Å². The fourth-order valence-electron chi connectivity index (χ4n) is 3.37. The van der Waals surface area contributed by atoms with Crippen LogP contribution >= 0.6 is 0 Å². The SMILES string of the molecule is N/C(=C\C=C(/N)OC1CCN(c2ccc(-c3ccccc3)cc2CO)C1)C(F)(F)F. The summed E-state index contributed by atoms with van der Waals surface area (Å²) in [5, 5.41) is 9.85. The van der Waals surface area contributed by atoms with Crippen LogP contribution in [0.25, 0.3) is 11.1 Å². The molecular weight excluding hydrogens is 395 g/mol. The van der Waals surface area contributed by atoms with Gasteiger partial charge in [0.1, 0.15) is 11.8 Å². The lowest BCUT2D eigenvalue weighted by Gasteiger charge is -2.22. The van der Waals surface area contributed by atoms with Gasteiger partial charge in [-0.25, -0.2) is 0 Å². The molecule has 0 aliphatic carbocycles. The minimum atomic E-state index is -4.60. The monoisotopic (exact) mass is 419 g/mol. The standard InChI is InChI=1S/C22H24F3N3O2/c23-22(24,25)20(26)8-9-21(27)30-18-10-11-28(13-18)19-7-6-16(12-17(19)14-29)15-4-2-1-3-5-15/h1-9,12,18,29H,10-11,13-14,26-27H2/b20-8-,21-9+. The first kappa shape index (κ1) is 21.6. The summed E-state index contributed by atoms with van der Waals surface area (Å²) in [6.07, 6.45) is -2.53. The zero-order valence-corrected chi connectivity index (χ0v) is 16.3. The van der Waals surface area contributed by atoms with Crippen molar-refractivity contribution in [3.05, 3.63) is 77.8 Å². The maximum Gasteiger partial charge on any atom is 0.430 e. The normalized spacial score (nSPS) is 18.0. The highest BCUT2D eigenvalue weighted by atomic mass is 19.4. The molecule has 1 unspecified atom stereocenters. The zero-order chi connectivity index (χ0) is 21.7. The van der Waals surface area contributed by atoms with Crippen molar-refractivity contribution in [2.24, 2.45) is 11.5 Å². The summed E-state index contributed by atoms with van der Waals surface area (Å²) in [4.78, 5) is 2.07. The predicted molar refractivity (Wildman–Crippen MR) is 110 cm³/mol. The van der Waals surface area contributed by atoms with E-state index in [-0.39, 0.29) is 18.6 Å². The second kappa shape index (κ2) is 9.13. The van der Waals surface area contributed by atoms with E-state index in [2.05, 4.69) is 4.90 Å². The average Bonchev–Trinajstić information content (AvgIpc) is 3.19. The third-order valence-electron chi connectivity index (χ3n) is 4.90. The van der Waals surface area contributed by atoms with Crippen LogP contribution in [0.5, 0.6) is 0 Å². The van der Waals surface area contributed by atoms with E-state index in [0.29, 0.717) is 25.6 Å². The molecule has 3 rings (SSSR count). The topological polar surface area (TPSA) is 84.7 Å². The number of nitrogens with two attached hydrogens (primary N) is 2. The molecule has 0 radical (unpaired) electrons. The number of ether oxygens (including phenoxy) is 1. The van der Waals surface area contributed by atoms with Gasteiger partial charge in [0.2, 0.25) is 0 Å². The Balaban J connectivity index is 1.68. The van der Waals surface area contributed by atoms with Gasteiger partial charge in [0.15, 0.2) is 5.88 Å². The number of rotatable bonds is 6. The molecule has 0 bridgehead atoms. The van der Waals surface area contributed by atoms with Gasteiger partial charge in [-0.2, -0.15) is 13.2 Å². The zero-order valence-electron chi connectivity index (χ0n) is 16.3. The van der Waals surface area contributed by atoms with Crippen molar-refractivity contribution in [3.63, 3.8) is 0 Å². The van der Waals surface area contributed by atoms with Crippen LogP contribution in [0.3, 0.4) is 0 Å². The summed E-state index contributed by atoms with van der Waals surface area (Å²) < 4.78 is 42.8. The molecule has 2 aromatic rings. The van der Waals surface area contributed by atoms with Crippen molar-refractivity contribution in [1.29, 1.82) is 0 Å². The molecule has 1 atom stereocenters. The van der Waals surface area contributed by atoms with Gasteiger partial charge in [0, 0.05) is 24.2 Å². The molecule has 5 nitrogen and oxygen atoms in total. The molecule has 0 saturated carbocycles. The minimum absolute atomic E-state index is 0.110. The van der Waals surface area contributed by atoms with E-state index in [9.17, 15) is 18.3 Å². The molecule has 1 fully saturated rings. The van der Waals surface area contributed by atoms with Crippen LogP contribution in [-0.2, 0) is 11.3 Å². The largest absolute Gasteiger partial charge is 0.474 e. The van der Waals surface area contributed by atoms with E-state index < -0.39 is 11.9 Å². The summed E-state index contributed by atoms with van der Waals surface area (Å²) >= 11 is 0. The van der Waals surface area contributed by atoms with Crippen LogP contribution in [0.2, 0.25) is 0 Å². The fourth-order valence-corrected chi connectivity index (χ4v) is 3.37. The van der Waals surface area contributed by atoms with E-state index in [0.717, 1.165) is 28.5 Å². The number of anilines is 1. The van der Waals surface area contributed by atoms with Crippen molar-refractivity contribution in [2.75, 3.05) is 18.0 Å². The first-order valence-corrected chi connectivity index (χ1v) is 9.49. The number of nitrogens with zero attached hydrogens (tertiary/aromatic N) is 1. The molecule has 160 valence electrons. The summed E-state index contributed by atoms with van der Waals surface area (Å²) in [6, 6.07) is 15.8. The molecule has 1 saturated heterocycles. The number of alkyl halides is 3. The first-order chi connectivity index (χ1) is 14.3. The molecule has 1 aliphatic rings. The van der Waals surface area contributed by atoms with Crippen molar-refractivity contribution < 1.29 is 23.0 Å². The maximum absolute atomic E-state index is 12.4. The second-order valence-corrected chi connectivity index (χ2v) is 7.03. The lowest BCUT2D eigenvalue weighted by molar-refractivity contribution is -0.0926. The third kappa shape index (κ3) is 5.27. The number of benzene rings is 2. The molecule has 0 aromatic heterocycles. The van der Waals surface area contributed by atoms with E-state index in [1.165, 1.54) is 0 Å². The molecule has 30 heavy (non-hydrogen) atoms. The van der Waals surface area contributed by atoms with Crippen LogP contribution in [0.1, 0.15) is 12.0 Å². The van der Waals surface area contributed by atoms with Gasteiger partial charge in [-0.05, 0) is 35.4 Å². The molecule has 5 N–H and O–H groups in total. The Bertz CT molecular complexity index is 927. The summed E-state index contributed by atoms with van der Waals surface area (Å²) in [5.74, 6) is -0.129. The predicted octanol–water partition coefficient (Wildman–Crippen LogP) is 3.65. The second-order valence-electron chi connectivity index (χ2n) is 7.03. The van der Waals surface area contributed by atoms with Crippen LogP contribution in [0, 0.1) is 0 Å². The molecule has 8 heteroatoms. The van der Waals surface area contributed by atoms with Crippen molar-refractivity contribution in [2.45, 2.75) is 25.3 Å². The van der Waals surface area contributed by atoms with Crippen LogP contribution in [0.15, 0.2) is 72.3 Å². The van der Waals surface area contributed by atoms with Crippen molar-refractivity contribution >= 4 is 5.69 Å². The lowest BCUT2D eigenvalue weighted by Crippen LogP contribution is -2.25. The Morgan fingerprint density at radius 3 is 2.50 bits per heavy atom. The highest BCUT2D eigenvalue weighted by Gasteiger charge is 2.31. The summed E-state index contributed by atoms with van der Waals surface area (Å²) in [5.41, 5.74) is 13.1. The summed E-state index contributed by atoms with van der Waals surface area (Å²) in [6.45, 7) is 1.07. The number of hydrogen-bond donors (Lipinski definition) is 3. The van der Waals surface area contributed by atoms with Gasteiger partial charge < -0.3 is 26.2 Å². The molecule has 1 aliphatic heterocycles. The van der Waals surface area contributed by atoms with Crippen LogP contribution in [0.4, 0.5) is 18.9 Å². The van der Waals surface area contributed by atoms with Gasteiger partial charge >= 0.3 is 6.18 Å². The Kier molecular flexibility index (Phi) is 6.56. The van der Waals surface area contributed by atoms with Gasteiger partial charge in [-0.15, -0.1) is 0 Å². The molecule has 0 amide bonds. The third-order valence-corrected chi connectivity index (χ3v) is 4.90. The number of aliphatic hydroxyl groups excluding tert-OH is 1. The van der Waals surface area contributed by atoms with Gasteiger partial charge in [0.05, 0.1) is 13.2 Å². The lowest BCUT2D eigenvalue weighted by atomic mass is 10.0. The number of hydrogen-bond acceptors (Lipinski definition) is 5. The molecular formula is C22H24F3N3O2.